The molecule has 4 nitrogen and oxygen atoms in total. The van der Waals surface area contributed by atoms with Crippen molar-refractivity contribution in [3.8, 4) is 0 Å². The topological polar surface area (TPSA) is 51.6 Å². The number of rotatable bonds is 0. The van der Waals surface area contributed by atoms with Crippen LogP contribution in [0.4, 0.5) is 0 Å². The maximum absolute atomic E-state index is 4.71. The maximum atomic E-state index is 4.71. The van der Waals surface area contributed by atoms with Gasteiger partial charge in [0.15, 0.2) is 0 Å². The molecule has 4 aromatic heterocycles. The molecule has 0 saturated carbocycles. The zero-order valence-corrected chi connectivity index (χ0v) is 11.6. The summed E-state index contributed by atoms with van der Waals surface area (Å²) in [5.74, 6) is 0. The first-order valence-corrected chi connectivity index (χ1v) is 7.06. The van der Waals surface area contributed by atoms with Crippen molar-refractivity contribution in [2.75, 3.05) is 0 Å². The fourth-order valence-corrected chi connectivity index (χ4v) is 2.85. The molecule has 0 spiro atoms. The quantitative estimate of drug-likeness (QED) is 0.404. The van der Waals surface area contributed by atoms with Gasteiger partial charge >= 0.3 is 0 Å². The van der Waals surface area contributed by atoms with E-state index in [4.69, 9.17) is 9.97 Å². The molecule has 0 unspecified atom stereocenters. The van der Waals surface area contributed by atoms with E-state index in [0.29, 0.717) is 0 Å². The zero-order chi connectivity index (χ0) is 14.5. The number of hydrogen-bond acceptors (Lipinski definition) is 4. The first kappa shape index (κ1) is 11.5. The molecule has 0 aliphatic carbocycles. The maximum Gasteiger partial charge on any atom is 0.0892 e. The lowest BCUT2D eigenvalue weighted by Crippen LogP contribution is -1.87. The van der Waals surface area contributed by atoms with Crippen molar-refractivity contribution < 1.29 is 0 Å². The van der Waals surface area contributed by atoms with Crippen LogP contribution in [-0.2, 0) is 0 Å². The fraction of sp³-hybridized carbons (Fsp3) is 0. The monoisotopic (exact) mass is 282 g/mol. The Kier molecular flexibility index (Phi) is 2.19. The van der Waals surface area contributed by atoms with E-state index in [1.165, 1.54) is 0 Å². The first-order valence-electron chi connectivity index (χ1n) is 7.06. The van der Waals surface area contributed by atoms with E-state index in [2.05, 4.69) is 34.2 Å². The Balaban J connectivity index is 1.93. The molecule has 5 aromatic rings. The summed E-state index contributed by atoms with van der Waals surface area (Å²) in [7, 11) is 0. The predicted octanol–water partition coefficient (Wildman–Crippen LogP) is 3.88. The summed E-state index contributed by atoms with van der Waals surface area (Å²) in [6.45, 7) is 0. The molecule has 102 valence electrons. The van der Waals surface area contributed by atoms with Gasteiger partial charge in [-0.15, -0.1) is 0 Å². The Hall–Kier alpha value is -3.14. The first-order chi connectivity index (χ1) is 10.9. The van der Waals surface area contributed by atoms with Crippen molar-refractivity contribution in [2.45, 2.75) is 0 Å². The standard InChI is InChI=1S/C18H10N4/c1-3-19-9-17-11(1)5-13-7-16-14(8-15(13)21-17)6-12-2-4-20-10-18(12)22-16/h1-10H. The van der Waals surface area contributed by atoms with E-state index in [1.54, 1.807) is 24.8 Å². The lowest BCUT2D eigenvalue weighted by molar-refractivity contribution is 1.33. The number of aromatic nitrogens is 4. The van der Waals surface area contributed by atoms with Gasteiger partial charge in [-0.3, -0.25) is 9.97 Å². The molecule has 0 N–H and O–H groups in total. The van der Waals surface area contributed by atoms with Crippen molar-refractivity contribution in [1.82, 2.24) is 19.9 Å². The lowest BCUT2D eigenvalue weighted by Gasteiger charge is -2.05. The van der Waals surface area contributed by atoms with Gasteiger partial charge in [-0.05, 0) is 36.4 Å². The second-order valence-electron chi connectivity index (χ2n) is 5.35. The third kappa shape index (κ3) is 1.64. The molecule has 22 heavy (non-hydrogen) atoms. The highest BCUT2D eigenvalue weighted by Gasteiger charge is 2.05. The summed E-state index contributed by atoms with van der Waals surface area (Å²) in [4.78, 5) is 17.7. The molecule has 0 radical (unpaired) electrons. The van der Waals surface area contributed by atoms with Crippen LogP contribution in [0.2, 0.25) is 0 Å². The Morgan fingerprint density at radius 3 is 1.50 bits per heavy atom. The highest BCUT2D eigenvalue weighted by Crippen LogP contribution is 2.26. The molecule has 0 atom stereocenters. The average Bonchev–Trinajstić information content (AvgIpc) is 2.56. The minimum Gasteiger partial charge on any atom is -0.262 e. The van der Waals surface area contributed by atoms with Gasteiger partial charge in [-0.25, -0.2) is 9.97 Å². The molecule has 4 heterocycles. The molecule has 5 rings (SSSR count). The summed E-state index contributed by atoms with van der Waals surface area (Å²) < 4.78 is 0. The molecule has 0 aliphatic rings. The van der Waals surface area contributed by atoms with E-state index < -0.39 is 0 Å². The molecule has 0 aliphatic heterocycles. The van der Waals surface area contributed by atoms with Gasteiger partial charge in [0.2, 0.25) is 0 Å². The Morgan fingerprint density at radius 1 is 0.500 bits per heavy atom. The summed E-state index contributed by atoms with van der Waals surface area (Å²) in [6.07, 6.45) is 7.16. The van der Waals surface area contributed by atoms with Gasteiger partial charge < -0.3 is 0 Å². The van der Waals surface area contributed by atoms with E-state index in [9.17, 15) is 0 Å². The van der Waals surface area contributed by atoms with Crippen LogP contribution >= 0.6 is 0 Å². The van der Waals surface area contributed by atoms with E-state index in [0.717, 1.165) is 43.6 Å². The number of fused-ring (bicyclic) bond motifs is 4. The minimum absolute atomic E-state index is 0.910. The molecule has 0 fully saturated rings. The highest BCUT2D eigenvalue weighted by molar-refractivity contribution is 6.02. The van der Waals surface area contributed by atoms with Crippen molar-refractivity contribution in [1.29, 1.82) is 0 Å². The van der Waals surface area contributed by atoms with Crippen LogP contribution in [0.25, 0.3) is 43.6 Å². The van der Waals surface area contributed by atoms with Crippen LogP contribution in [0.5, 0.6) is 0 Å². The summed E-state index contributed by atoms with van der Waals surface area (Å²) in [5.41, 5.74) is 3.74. The van der Waals surface area contributed by atoms with Crippen LogP contribution in [0.1, 0.15) is 0 Å². The van der Waals surface area contributed by atoms with Gasteiger partial charge in [-0.2, -0.15) is 0 Å². The van der Waals surface area contributed by atoms with E-state index in [-0.39, 0.29) is 0 Å². The van der Waals surface area contributed by atoms with Gasteiger partial charge in [-0.1, -0.05) is 0 Å². The summed E-state index contributed by atoms with van der Waals surface area (Å²) in [5, 5.41) is 4.34. The molecule has 4 heteroatoms. The van der Waals surface area contributed by atoms with Crippen molar-refractivity contribution in [3.05, 3.63) is 61.2 Å². The van der Waals surface area contributed by atoms with Crippen LogP contribution in [-0.4, -0.2) is 19.9 Å². The molecule has 1 aromatic carbocycles. The summed E-state index contributed by atoms with van der Waals surface area (Å²) in [6, 6.07) is 12.4. The van der Waals surface area contributed by atoms with Gasteiger partial charge in [0.1, 0.15) is 0 Å². The molecule has 0 amide bonds. The van der Waals surface area contributed by atoms with E-state index >= 15 is 0 Å². The number of nitrogens with zero attached hydrogens (tertiary/aromatic N) is 4. The number of pyridine rings is 4. The van der Waals surface area contributed by atoms with Gasteiger partial charge in [0.05, 0.1) is 34.5 Å². The van der Waals surface area contributed by atoms with Crippen LogP contribution in [0, 0.1) is 0 Å². The molecular weight excluding hydrogens is 272 g/mol. The second-order valence-corrected chi connectivity index (χ2v) is 5.35. The third-order valence-corrected chi connectivity index (χ3v) is 3.95. The summed E-state index contributed by atoms with van der Waals surface area (Å²) >= 11 is 0. The molecule has 0 bridgehead atoms. The number of benzene rings is 1. The zero-order valence-electron chi connectivity index (χ0n) is 11.6. The Labute approximate surface area is 125 Å². The third-order valence-electron chi connectivity index (χ3n) is 3.95. The van der Waals surface area contributed by atoms with Crippen molar-refractivity contribution >= 4 is 43.6 Å². The van der Waals surface area contributed by atoms with Crippen LogP contribution in [0.3, 0.4) is 0 Å². The van der Waals surface area contributed by atoms with Gasteiger partial charge in [0, 0.05) is 33.9 Å². The average molecular weight is 282 g/mol. The highest BCUT2D eigenvalue weighted by atomic mass is 14.7. The van der Waals surface area contributed by atoms with Gasteiger partial charge in [0.25, 0.3) is 0 Å². The minimum atomic E-state index is 0.910. The van der Waals surface area contributed by atoms with Crippen LogP contribution < -0.4 is 0 Å². The molecule has 0 saturated heterocycles. The van der Waals surface area contributed by atoms with Crippen LogP contribution in [0.15, 0.2) is 61.2 Å². The SMILES string of the molecule is c1cc2cc3cc4nc5cnccc5cc4cc3nc2cn1. The Morgan fingerprint density at radius 2 is 1.00 bits per heavy atom. The van der Waals surface area contributed by atoms with Crippen molar-refractivity contribution in [2.24, 2.45) is 0 Å². The van der Waals surface area contributed by atoms with E-state index in [1.807, 2.05) is 12.1 Å². The predicted molar refractivity (Wildman–Crippen MR) is 87.6 cm³/mol. The largest absolute Gasteiger partial charge is 0.262 e. The molecular formula is C18H10N4. The van der Waals surface area contributed by atoms with Crippen molar-refractivity contribution in [3.63, 3.8) is 0 Å². The smallest absolute Gasteiger partial charge is 0.0892 e. The number of hydrogen-bond donors (Lipinski definition) is 0. The normalized spacial score (nSPS) is 11.6. The fourth-order valence-electron chi connectivity index (χ4n) is 2.85. The lowest BCUT2D eigenvalue weighted by atomic mass is 10.1. The second kappa shape index (κ2) is 4.18. The Bertz CT molecular complexity index is 997.